The summed E-state index contributed by atoms with van der Waals surface area (Å²) in [4.78, 5) is 15.4. The van der Waals surface area contributed by atoms with Crippen LogP contribution in [0, 0.1) is 5.41 Å². The number of hydrogen-bond acceptors (Lipinski definition) is 4. The van der Waals surface area contributed by atoms with Crippen molar-refractivity contribution in [2.75, 3.05) is 54.0 Å². The summed E-state index contributed by atoms with van der Waals surface area (Å²) in [5.74, 6) is 0. The lowest BCUT2D eigenvalue weighted by Crippen LogP contribution is -2.40. The Balaban J connectivity index is 2.34. The van der Waals surface area contributed by atoms with E-state index in [1.54, 1.807) is 0 Å². The number of rotatable bonds is 6. The van der Waals surface area contributed by atoms with Gasteiger partial charge in [0.15, 0.2) is 0 Å². The summed E-state index contributed by atoms with van der Waals surface area (Å²) in [6.07, 6.45) is 1.94. The maximum atomic E-state index is 11.1. The molecule has 0 aromatic rings. The van der Waals surface area contributed by atoms with Crippen molar-refractivity contribution in [1.29, 1.82) is 0 Å². The molecule has 4 heteroatoms. The van der Waals surface area contributed by atoms with Crippen LogP contribution in [0.2, 0.25) is 0 Å². The minimum Gasteiger partial charge on any atom is -0.380 e. The largest absolute Gasteiger partial charge is 0.380 e. The van der Waals surface area contributed by atoms with Crippen molar-refractivity contribution in [3.05, 3.63) is 0 Å². The van der Waals surface area contributed by atoms with Crippen LogP contribution in [0.5, 0.6) is 0 Å². The molecule has 0 aromatic heterocycles. The molecule has 0 bridgehead atoms. The average molecular weight is 214 g/mol. The van der Waals surface area contributed by atoms with Crippen molar-refractivity contribution >= 4 is 6.29 Å². The molecular weight excluding hydrogens is 192 g/mol. The Morgan fingerprint density at radius 3 is 2.53 bits per heavy atom. The summed E-state index contributed by atoms with van der Waals surface area (Å²) in [5.41, 5.74) is -0.249. The van der Waals surface area contributed by atoms with Crippen molar-refractivity contribution in [2.24, 2.45) is 5.41 Å². The Hall–Kier alpha value is -0.450. The van der Waals surface area contributed by atoms with E-state index in [9.17, 15) is 4.79 Å². The quantitative estimate of drug-likeness (QED) is 0.587. The van der Waals surface area contributed by atoms with Gasteiger partial charge in [-0.15, -0.1) is 0 Å². The zero-order valence-electron chi connectivity index (χ0n) is 10.0. The van der Waals surface area contributed by atoms with E-state index in [1.165, 1.54) is 0 Å². The van der Waals surface area contributed by atoms with Gasteiger partial charge in [0, 0.05) is 26.2 Å². The van der Waals surface area contributed by atoms with Gasteiger partial charge in [0.2, 0.25) is 0 Å². The molecule has 1 fully saturated rings. The van der Waals surface area contributed by atoms with Gasteiger partial charge >= 0.3 is 0 Å². The molecule has 0 amide bonds. The third kappa shape index (κ3) is 3.89. The van der Waals surface area contributed by atoms with Crippen LogP contribution >= 0.6 is 0 Å². The summed E-state index contributed by atoms with van der Waals surface area (Å²) >= 11 is 0. The first kappa shape index (κ1) is 12.6. The van der Waals surface area contributed by atoms with Gasteiger partial charge in [0.05, 0.1) is 12.0 Å². The van der Waals surface area contributed by atoms with E-state index in [0.29, 0.717) is 6.61 Å². The molecule has 1 aliphatic heterocycles. The highest BCUT2D eigenvalue weighted by Crippen LogP contribution is 2.26. The van der Waals surface area contributed by atoms with Crippen LogP contribution in [-0.4, -0.2) is 70.1 Å². The molecule has 1 saturated heterocycles. The van der Waals surface area contributed by atoms with Gasteiger partial charge < -0.3 is 19.3 Å². The number of carbonyl (C=O) groups is 1. The molecule has 0 radical (unpaired) electrons. The maximum Gasteiger partial charge on any atom is 0.129 e. The van der Waals surface area contributed by atoms with E-state index in [-0.39, 0.29) is 5.41 Å². The summed E-state index contributed by atoms with van der Waals surface area (Å²) in [6, 6.07) is 0. The second-order valence-electron chi connectivity index (χ2n) is 4.82. The molecule has 1 unspecified atom stereocenters. The molecule has 0 aliphatic carbocycles. The summed E-state index contributed by atoms with van der Waals surface area (Å²) in [7, 11) is 6.18. The lowest BCUT2D eigenvalue weighted by atomic mass is 9.89. The molecule has 1 rings (SSSR count). The Labute approximate surface area is 92.2 Å². The van der Waals surface area contributed by atoms with E-state index in [2.05, 4.69) is 30.9 Å². The van der Waals surface area contributed by atoms with Gasteiger partial charge in [-0.05, 0) is 27.6 Å². The van der Waals surface area contributed by atoms with Crippen LogP contribution in [0.25, 0.3) is 0 Å². The lowest BCUT2D eigenvalue weighted by molar-refractivity contribution is -0.117. The van der Waals surface area contributed by atoms with Crippen LogP contribution < -0.4 is 0 Å². The highest BCUT2D eigenvalue weighted by atomic mass is 16.5. The van der Waals surface area contributed by atoms with Crippen LogP contribution in [0.1, 0.15) is 6.42 Å². The fraction of sp³-hybridized carbons (Fsp3) is 0.909. The van der Waals surface area contributed by atoms with E-state index in [4.69, 9.17) is 4.74 Å². The standard InChI is InChI=1S/C11H22N2O2/c1-12(2)5-6-13(3)8-11(9-14)4-7-15-10-11/h9H,4-8,10H2,1-3H3. The fourth-order valence-electron chi connectivity index (χ4n) is 1.87. The number of carbonyl (C=O) groups excluding carboxylic acids is 1. The normalized spacial score (nSPS) is 26.5. The van der Waals surface area contributed by atoms with Gasteiger partial charge in [0.1, 0.15) is 6.29 Å². The van der Waals surface area contributed by atoms with Crippen LogP contribution in [0.15, 0.2) is 0 Å². The number of likely N-dealkylation sites (N-methyl/N-ethyl adjacent to an activating group) is 2. The monoisotopic (exact) mass is 214 g/mol. The zero-order valence-corrected chi connectivity index (χ0v) is 10.0. The number of nitrogens with zero attached hydrogens (tertiary/aromatic N) is 2. The second kappa shape index (κ2) is 5.58. The smallest absolute Gasteiger partial charge is 0.129 e. The minimum atomic E-state index is -0.249. The molecule has 0 spiro atoms. The molecule has 15 heavy (non-hydrogen) atoms. The molecule has 88 valence electrons. The second-order valence-corrected chi connectivity index (χ2v) is 4.82. The Morgan fingerprint density at radius 1 is 1.33 bits per heavy atom. The number of ether oxygens (including phenoxy) is 1. The molecule has 1 atom stereocenters. The fourth-order valence-corrected chi connectivity index (χ4v) is 1.87. The van der Waals surface area contributed by atoms with E-state index in [0.717, 1.165) is 38.9 Å². The van der Waals surface area contributed by atoms with E-state index < -0.39 is 0 Å². The third-order valence-electron chi connectivity index (χ3n) is 2.90. The minimum absolute atomic E-state index is 0.249. The lowest BCUT2D eigenvalue weighted by Gasteiger charge is -2.27. The first-order valence-corrected chi connectivity index (χ1v) is 5.45. The van der Waals surface area contributed by atoms with E-state index >= 15 is 0 Å². The zero-order chi connectivity index (χ0) is 11.3. The van der Waals surface area contributed by atoms with Gasteiger partial charge in [-0.1, -0.05) is 0 Å². The first-order valence-electron chi connectivity index (χ1n) is 5.45. The predicted molar refractivity (Wildman–Crippen MR) is 60.0 cm³/mol. The average Bonchev–Trinajstić information content (AvgIpc) is 2.64. The van der Waals surface area contributed by atoms with Crippen molar-refractivity contribution in [3.8, 4) is 0 Å². The molecule has 0 N–H and O–H groups in total. The van der Waals surface area contributed by atoms with E-state index in [1.807, 2.05) is 0 Å². The summed E-state index contributed by atoms with van der Waals surface area (Å²) < 4.78 is 5.31. The van der Waals surface area contributed by atoms with Crippen LogP contribution in [-0.2, 0) is 9.53 Å². The Kier molecular flexibility index (Phi) is 4.70. The predicted octanol–water partition coefficient (Wildman–Crippen LogP) is 0.0854. The molecule has 0 aromatic carbocycles. The van der Waals surface area contributed by atoms with Gasteiger partial charge in [0.25, 0.3) is 0 Å². The van der Waals surface area contributed by atoms with Crippen molar-refractivity contribution < 1.29 is 9.53 Å². The molecule has 0 saturated carbocycles. The number of hydrogen-bond donors (Lipinski definition) is 0. The first-order chi connectivity index (χ1) is 7.08. The van der Waals surface area contributed by atoms with Crippen molar-refractivity contribution in [2.45, 2.75) is 6.42 Å². The molecule has 1 aliphatic rings. The summed E-state index contributed by atoms with van der Waals surface area (Å²) in [6.45, 7) is 4.13. The van der Waals surface area contributed by atoms with Gasteiger partial charge in [-0.3, -0.25) is 0 Å². The third-order valence-corrected chi connectivity index (χ3v) is 2.90. The van der Waals surface area contributed by atoms with Crippen molar-refractivity contribution in [1.82, 2.24) is 9.80 Å². The molecule has 1 heterocycles. The SMILES string of the molecule is CN(C)CCN(C)CC1(C=O)CCOC1. The summed E-state index contributed by atoms with van der Waals surface area (Å²) in [5, 5.41) is 0. The molecular formula is C11H22N2O2. The Morgan fingerprint density at radius 2 is 2.07 bits per heavy atom. The topological polar surface area (TPSA) is 32.8 Å². The van der Waals surface area contributed by atoms with Crippen LogP contribution in [0.4, 0.5) is 0 Å². The molecule has 4 nitrogen and oxygen atoms in total. The number of aldehydes is 1. The van der Waals surface area contributed by atoms with Crippen LogP contribution in [0.3, 0.4) is 0 Å². The highest BCUT2D eigenvalue weighted by molar-refractivity contribution is 5.60. The highest BCUT2D eigenvalue weighted by Gasteiger charge is 2.35. The van der Waals surface area contributed by atoms with Crippen molar-refractivity contribution in [3.63, 3.8) is 0 Å². The van der Waals surface area contributed by atoms with Gasteiger partial charge in [-0.2, -0.15) is 0 Å². The van der Waals surface area contributed by atoms with Gasteiger partial charge in [-0.25, -0.2) is 0 Å². The Bertz CT molecular complexity index is 201. The maximum absolute atomic E-state index is 11.1.